The topological polar surface area (TPSA) is 101 Å². The maximum absolute atomic E-state index is 13.2. The van der Waals surface area contributed by atoms with Crippen molar-refractivity contribution in [3.05, 3.63) is 64.8 Å². The molecule has 3 heterocycles. The number of nitrogens with zero attached hydrogens (tertiary/aromatic N) is 4. The smallest absolute Gasteiger partial charge is 0.161 e. The summed E-state index contributed by atoms with van der Waals surface area (Å²) in [4.78, 5) is 7.55. The Bertz CT molecular complexity index is 1220. The number of halogens is 2. The molecule has 0 radical (unpaired) electrons. The number of aromatic nitrogens is 6. The van der Waals surface area contributed by atoms with Gasteiger partial charge >= 0.3 is 0 Å². The van der Waals surface area contributed by atoms with Crippen molar-refractivity contribution in [1.82, 2.24) is 29.9 Å². The lowest BCUT2D eigenvalue weighted by atomic mass is 10.1. The summed E-state index contributed by atoms with van der Waals surface area (Å²) in [5.41, 5.74) is 9.66. The number of H-pyrrole nitrogens is 2. The van der Waals surface area contributed by atoms with E-state index in [1.807, 2.05) is 13.8 Å². The molecule has 0 fully saturated rings. The first-order chi connectivity index (χ1) is 13.4. The van der Waals surface area contributed by atoms with E-state index in [-0.39, 0.29) is 5.82 Å². The molecule has 0 saturated heterocycles. The van der Waals surface area contributed by atoms with Gasteiger partial charge < -0.3 is 10.7 Å². The third kappa shape index (κ3) is 3.18. The van der Waals surface area contributed by atoms with Gasteiger partial charge in [0.05, 0.1) is 22.1 Å². The second-order valence-electron chi connectivity index (χ2n) is 6.29. The number of fused-ring (bicyclic) bond motifs is 1. The molecule has 7 nitrogen and oxygen atoms in total. The zero-order valence-corrected chi connectivity index (χ0v) is 15.9. The first kappa shape index (κ1) is 18.0. The van der Waals surface area contributed by atoms with Crippen LogP contribution in [0, 0.1) is 19.7 Å². The van der Waals surface area contributed by atoms with E-state index in [1.165, 1.54) is 12.1 Å². The predicted octanol–water partition coefficient (Wildman–Crippen LogP) is 4.25. The molecule has 0 spiro atoms. The Labute approximate surface area is 164 Å². The fraction of sp³-hybridized carbons (Fsp3) is 0.105. The average molecular weight is 398 g/mol. The zero-order chi connectivity index (χ0) is 19.8. The van der Waals surface area contributed by atoms with Gasteiger partial charge in [0.15, 0.2) is 11.5 Å². The molecule has 142 valence electrons. The number of aromatic amines is 2. The minimum absolute atomic E-state index is 0.304. The van der Waals surface area contributed by atoms with Crippen LogP contribution in [-0.2, 0) is 0 Å². The van der Waals surface area contributed by atoms with Crippen LogP contribution < -0.4 is 5.73 Å². The lowest BCUT2D eigenvalue weighted by Crippen LogP contribution is -2.01. The van der Waals surface area contributed by atoms with Crippen LogP contribution in [-0.4, -0.2) is 29.9 Å². The van der Waals surface area contributed by atoms with Crippen molar-refractivity contribution in [2.45, 2.75) is 13.8 Å². The van der Waals surface area contributed by atoms with Gasteiger partial charge in [-0.15, -0.1) is 0 Å². The minimum Gasteiger partial charge on any atom is -0.385 e. The van der Waals surface area contributed by atoms with Gasteiger partial charge in [-0.2, -0.15) is 10.2 Å². The second-order valence-corrected chi connectivity index (χ2v) is 6.67. The SMILES string of the molecule is Cc1nn(-c2cc(N)[nH]c3n[nH]c(-c4ccc(F)cc4)c3ccn2)c(C)c1Cl. The Morgan fingerprint density at radius 3 is 2.57 bits per heavy atom. The summed E-state index contributed by atoms with van der Waals surface area (Å²) in [6, 6.07) is 9.59. The van der Waals surface area contributed by atoms with Crippen LogP contribution in [0.2, 0.25) is 5.02 Å². The highest BCUT2D eigenvalue weighted by Crippen LogP contribution is 2.25. The van der Waals surface area contributed by atoms with Gasteiger partial charge in [0.25, 0.3) is 0 Å². The molecular formula is C19H17ClFN7. The number of hydrogen-bond donors (Lipinski definition) is 3. The van der Waals surface area contributed by atoms with E-state index in [1.54, 1.807) is 35.1 Å². The molecule has 0 aliphatic rings. The molecule has 0 bridgehead atoms. The Kier molecular flexibility index (Phi) is 4.48. The maximum Gasteiger partial charge on any atom is 0.161 e. The fourth-order valence-electron chi connectivity index (χ4n) is 2.94. The summed E-state index contributed by atoms with van der Waals surface area (Å²) in [5, 5.41) is 13.0. The summed E-state index contributed by atoms with van der Waals surface area (Å²) < 4.78 is 14.9. The Morgan fingerprint density at radius 1 is 1.14 bits per heavy atom. The molecule has 28 heavy (non-hydrogen) atoms. The quantitative estimate of drug-likeness (QED) is 0.470. The van der Waals surface area contributed by atoms with E-state index in [0.29, 0.717) is 28.0 Å². The molecule has 4 N–H and O–H groups in total. The van der Waals surface area contributed by atoms with Crippen LogP contribution in [0.15, 0.2) is 42.6 Å². The molecule has 9 heteroatoms. The number of nitrogen functional groups attached to an aromatic ring is 1. The van der Waals surface area contributed by atoms with Gasteiger partial charge in [0, 0.05) is 23.2 Å². The summed E-state index contributed by atoms with van der Waals surface area (Å²) >= 11 is 6.25. The van der Waals surface area contributed by atoms with E-state index < -0.39 is 0 Å². The maximum atomic E-state index is 13.2. The normalized spacial score (nSPS) is 11.0. The average Bonchev–Trinajstić information content (AvgIpc) is 3.19. The molecule has 3 aromatic heterocycles. The molecule has 0 atom stereocenters. The third-order valence-corrected chi connectivity index (χ3v) is 4.90. The number of nitrogens with two attached hydrogens (primary N) is 1. The summed E-state index contributed by atoms with van der Waals surface area (Å²) in [5.74, 6) is 0.539. The standard InChI is InChI=1S/C19H17ClFN7/c1-10-17(20)11(2)28(27-10)16-9-15(22)24-19-14(7-8-23-16)18(25-26-19)12-3-5-13(21)6-4-12/h3-9H,22H2,1-2H3,(H2,24,25,26). The van der Waals surface area contributed by atoms with Crippen molar-refractivity contribution in [3.8, 4) is 17.1 Å². The van der Waals surface area contributed by atoms with E-state index >= 15 is 0 Å². The number of hydrogen-bond acceptors (Lipinski definition) is 4. The van der Waals surface area contributed by atoms with E-state index in [9.17, 15) is 4.39 Å². The van der Waals surface area contributed by atoms with Gasteiger partial charge in [-0.25, -0.2) is 14.1 Å². The Morgan fingerprint density at radius 2 is 1.89 bits per heavy atom. The number of aryl methyl sites for hydroxylation is 1. The van der Waals surface area contributed by atoms with Crippen molar-refractivity contribution >= 4 is 28.5 Å². The molecule has 0 amide bonds. The number of rotatable bonds is 2. The minimum atomic E-state index is -0.304. The zero-order valence-electron chi connectivity index (χ0n) is 15.2. The van der Waals surface area contributed by atoms with Crippen LogP contribution in [0.25, 0.3) is 28.1 Å². The summed E-state index contributed by atoms with van der Waals surface area (Å²) in [6.07, 6.45) is 1.64. The van der Waals surface area contributed by atoms with Gasteiger partial charge in [0.1, 0.15) is 11.6 Å². The Hall–Kier alpha value is -3.39. The van der Waals surface area contributed by atoms with Crippen LogP contribution in [0.3, 0.4) is 0 Å². The molecule has 0 aliphatic heterocycles. The first-order valence-corrected chi connectivity index (χ1v) is 8.87. The number of benzene rings is 1. The van der Waals surface area contributed by atoms with Crippen molar-refractivity contribution in [3.63, 3.8) is 0 Å². The Balaban J connectivity index is 1.92. The second kappa shape index (κ2) is 6.97. The van der Waals surface area contributed by atoms with E-state index in [0.717, 1.165) is 22.3 Å². The fourth-order valence-corrected chi connectivity index (χ4v) is 3.06. The monoisotopic (exact) mass is 397 g/mol. The number of anilines is 1. The summed E-state index contributed by atoms with van der Waals surface area (Å²) in [6.45, 7) is 3.68. The third-order valence-electron chi connectivity index (χ3n) is 4.35. The van der Waals surface area contributed by atoms with Gasteiger partial charge in [0.2, 0.25) is 0 Å². The van der Waals surface area contributed by atoms with Gasteiger partial charge in [-0.05, 0) is 44.2 Å². The molecule has 4 rings (SSSR count). The molecular weight excluding hydrogens is 381 g/mol. The van der Waals surface area contributed by atoms with Gasteiger partial charge in [-0.1, -0.05) is 11.6 Å². The van der Waals surface area contributed by atoms with Crippen LogP contribution in [0.1, 0.15) is 11.4 Å². The molecule has 0 saturated carbocycles. The van der Waals surface area contributed by atoms with Gasteiger partial charge in [-0.3, -0.25) is 5.10 Å². The molecule has 0 unspecified atom stereocenters. The highest BCUT2D eigenvalue weighted by atomic mass is 35.5. The van der Waals surface area contributed by atoms with Crippen LogP contribution in [0.4, 0.5) is 10.2 Å². The lowest BCUT2D eigenvalue weighted by Gasteiger charge is -2.01. The van der Waals surface area contributed by atoms with Crippen molar-refractivity contribution in [2.75, 3.05) is 5.73 Å². The molecule has 0 aliphatic carbocycles. The first-order valence-electron chi connectivity index (χ1n) is 8.49. The largest absolute Gasteiger partial charge is 0.385 e. The number of nitrogens with one attached hydrogen (secondary N) is 2. The van der Waals surface area contributed by atoms with Crippen molar-refractivity contribution in [2.24, 2.45) is 0 Å². The summed E-state index contributed by atoms with van der Waals surface area (Å²) in [7, 11) is 0. The van der Waals surface area contributed by atoms with Crippen molar-refractivity contribution < 1.29 is 4.39 Å². The highest BCUT2D eigenvalue weighted by molar-refractivity contribution is 6.31. The molecule has 1 aromatic carbocycles. The predicted molar refractivity (Wildman–Crippen MR) is 107 cm³/mol. The van der Waals surface area contributed by atoms with E-state index in [4.69, 9.17) is 17.3 Å². The van der Waals surface area contributed by atoms with Crippen LogP contribution in [0.5, 0.6) is 0 Å². The lowest BCUT2D eigenvalue weighted by molar-refractivity contribution is 0.628. The highest BCUT2D eigenvalue weighted by Gasteiger charge is 2.12. The van der Waals surface area contributed by atoms with Crippen LogP contribution >= 0.6 is 11.6 Å². The van der Waals surface area contributed by atoms with Crippen molar-refractivity contribution in [1.29, 1.82) is 0 Å². The molecule has 4 aromatic rings. The van der Waals surface area contributed by atoms with E-state index in [2.05, 4.69) is 25.3 Å².